The Hall–Kier alpha value is -3.75. The Balaban J connectivity index is 1.63. The number of hydrogen-bond acceptors (Lipinski definition) is 7. The third-order valence-corrected chi connectivity index (χ3v) is 4.56. The number of nitrogens with zero attached hydrogens (tertiary/aromatic N) is 2. The van der Waals surface area contributed by atoms with Crippen LogP contribution in [0.2, 0.25) is 0 Å². The predicted molar refractivity (Wildman–Crippen MR) is 107 cm³/mol. The van der Waals surface area contributed by atoms with Crippen LogP contribution in [0.1, 0.15) is 29.3 Å². The molecule has 0 N–H and O–H groups in total. The largest absolute Gasteiger partial charge is 0.482 e. The first-order valence-electron chi connectivity index (χ1n) is 9.38. The summed E-state index contributed by atoms with van der Waals surface area (Å²) < 4.78 is 10.3. The highest BCUT2D eigenvalue weighted by Gasteiger charge is 2.29. The highest BCUT2D eigenvalue weighted by atomic mass is 16.6. The quantitative estimate of drug-likeness (QED) is 0.283. The zero-order valence-electron chi connectivity index (χ0n) is 16.3. The van der Waals surface area contributed by atoms with Gasteiger partial charge in [-0.2, -0.15) is 0 Å². The number of hydrogen-bond donors (Lipinski definition) is 0. The molecule has 9 nitrogen and oxygen atoms in total. The number of carbonyl (C=O) groups excluding carboxylic acids is 3. The molecule has 0 saturated carbocycles. The van der Waals surface area contributed by atoms with Gasteiger partial charge in [0.15, 0.2) is 19.0 Å². The second kappa shape index (κ2) is 9.17. The lowest BCUT2D eigenvalue weighted by Gasteiger charge is -2.28. The molecule has 3 rings (SSSR count). The van der Waals surface area contributed by atoms with E-state index < -0.39 is 30.0 Å². The molecule has 0 unspecified atom stereocenters. The van der Waals surface area contributed by atoms with E-state index in [1.165, 1.54) is 12.1 Å². The summed E-state index contributed by atoms with van der Waals surface area (Å²) in [5.74, 6) is -1.47. The predicted octanol–water partition coefficient (Wildman–Crippen LogP) is 2.70. The van der Waals surface area contributed by atoms with Crippen molar-refractivity contribution in [2.45, 2.75) is 19.8 Å². The summed E-state index contributed by atoms with van der Waals surface area (Å²) in [7, 11) is 0. The number of anilines is 1. The van der Waals surface area contributed by atoms with Crippen molar-refractivity contribution in [3.63, 3.8) is 0 Å². The van der Waals surface area contributed by atoms with Crippen molar-refractivity contribution in [3.8, 4) is 5.75 Å². The van der Waals surface area contributed by atoms with Crippen molar-refractivity contribution < 1.29 is 28.8 Å². The number of carbonyl (C=O) groups is 3. The van der Waals surface area contributed by atoms with Gasteiger partial charge in [-0.3, -0.25) is 29.4 Å². The van der Waals surface area contributed by atoms with E-state index in [1.807, 2.05) is 12.1 Å². The third-order valence-electron chi connectivity index (χ3n) is 4.56. The van der Waals surface area contributed by atoms with E-state index in [1.54, 1.807) is 12.1 Å². The maximum atomic E-state index is 12.2. The molecule has 0 atom stereocenters. The van der Waals surface area contributed by atoms with E-state index in [9.17, 15) is 24.5 Å². The minimum atomic E-state index is -0.807. The van der Waals surface area contributed by atoms with Crippen LogP contribution in [-0.2, 0) is 20.7 Å². The van der Waals surface area contributed by atoms with Crippen LogP contribution in [0.25, 0.3) is 0 Å². The molecule has 0 saturated heterocycles. The Bertz CT molecular complexity index is 985. The fourth-order valence-corrected chi connectivity index (χ4v) is 3.03. The monoisotopic (exact) mass is 412 g/mol. The van der Waals surface area contributed by atoms with Crippen molar-refractivity contribution in [3.05, 3.63) is 63.7 Å². The highest BCUT2D eigenvalue weighted by Crippen LogP contribution is 2.35. The Morgan fingerprint density at radius 3 is 2.60 bits per heavy atom. The van der Waals surface area contributed by atoms with Gasteiger partial charge >= 0.3 is 5.97 Å². The summed E-state index contributed by atoms with van der Waals surface area (Å²) in [5.41, 5.74) is 1.40. The second-order valence-corrected chi connectivity index (χ2v) is 6.71. The maximum Gasteiger partial charge on any atom is 0.326 e. The number of nitro groups is 1. The number of non-ortho nitro benzene ring substituents is 1. The summed E-state index contributed by atoms with van der Waals surface area (Å²) >= 11 is 0. The number of ketones is 1. The molecule has 0 fully saturated rings. The van der Waals surface area contributed by atoms with Crippen LogP contribution in [0, 0.1) is 10.1 Å². The number of rotatable bonds is 8. The van der Waals surface area contributed by atoms with Crippen LogP contribution in [0.15, 0.2) is 42.5 Å². The molecular weight excluding hydrogens is 392 g/mol. The van der Waals surface area contributed by atoms with Crippen LogP contribution in [0.5, 0.6) is 5.75 Å². The summed E-state index contributed by atoms with van der Waals surface area (Å²) in [5, 5.41) is 11.0. The number of benzene rings is 2. The standard InChI is InChI=1S/C21H20N2O7/c1-2-3-14-4-6-15(7-5-14)18(24)12-30-21(26)11-22-17-10-16(23(27)28)8-9-19(17)29-13-20(22)25/h4-10H,2-3,11-13H2,1H3. The molecule has 1 amide bonds. The molecule has 2 aromatic carbocycles. The van der Waals surface area contributed by atoms with Crippen molar-refractivity contribution in [2.75, 3.05) is 24.7 Å². The van der Waals surface area contributed by atoms with Gasteiger partial charge in [0.05, 0.1) is 10.6 Å². The van der Waals surface area contributed by atoms with Crippen molar-refractivity contribution in [1.29, 1.82) is 0 Å². The van der Waals surface area contributed by atoms with Gasteiger partial charge in [0.2, 0.25) is 0 Å². The normalized spacial score (nSPS) is 12.7. The van der Waals surface area contributed by atoms with Gasteiger partial charge in [-0.1, -0.05) is 37.6 Å². The summed E-state index contributed by atoms with van der Waals surface area (Å²) in [6, 6.07) is 10.8. The molecule has 1 aliphatic rings. The molecule has 0 aromatic heterocycles. The minimum Gasteiger partial charge on any atom is -0.482 e. The average molecular weight is 412 g/mol. The zero-order valence-corrected chi connectivity index (χ0v) is 16.3. The number of Topliss-reactive ketones (excluding diaryl/α,β-unsaturated/α-hetero) is 1. The lowest BCUT2D eigenvalue weighted by Crippen LogP contribution is -2.42. The van der Waals surface area contributed by atoms with Crippen molar-refractivity contribution >= 4 is 29.0 Å². The molecule has 0 spiro atoms. The SMILES string of the molecule is CCCc1ccc(C(=O)COC(=O)CN2C(=O)COc3ccc([N+](=O)[O-])cc32)cc1. The van der Waals surface area contributed by atoms with Crippen LogP contribution in [-0.4, -0.2) is 42.3 Å². The van der Waals surface area contributed by atoms with Gasteiger partial charge < -0.3 is 9.47 Å². The first-order chi connectivity index (χ1) is 14.4. The Kier molecular flexibility index (Phi) is 6.41. The van der Waals surface area contributed by atoms with Crippen molar-refractivity contribution in [1.82, 2.24) is 0 Å². The van der Waals surface area contributed by atoms with E-state index in [0.717, 1.165) is 29.4 Å². The van der Waals surface area contributed by atoms with Gasteiger partial charge in [-0.15, -0.1) is 0 Å². The molecule has 156 valence electrons. The summed E-state index contributed by atoms with van der Waals surface area (Å²) in [6.45, 7) is 0.806. The lowest BCUT2D eigenvalue weighted by molar-refractivity contribution is -0.384. The first-order valence-corrected chi connectivity index (χ1v) is 9.38. The molecule has 9 heteroatoms. The third kappa shape index (κ3) is 4.80. The fourth-order valence-electron chi connectivity index (χ4n) is 3.03. The molecule has 0 aliphatic carbocycles. The van der Waals surface area contributed by atoms with Crippen LogP contribution in [0.4, 0.5) is 11.4 Å². The van der Waals surface area contributed by atoms with Gasteiger partial charge in [-0.25, -0.2) is 0 Å². The molecule has 1 aliphatic heterocycles. The average Bonchev–Trinajstić information content (AvgIpc) is 2.74. The van der Waals surface area contributed by atoms with Crippen LogP contribution >= 0.6 is 0 Å². The number of aryl methyl sites for hydroxylation is 1. The molecule has 1 heterocycles. The molecule has 0 radical (unpaired) electrons. The number of esters is 1. The highest BCUT2D eigenvalue weighted by molar-refractivity contribution is 6.02. The minimum absolute atomic E-state index is 0.107. The van der Waals surface area contributed by atoms with Crippen LogP contribution < -0.4 is 9.64 Å². The maximum absolute atomic E-state index is 12.2. The van der Waals surface area contributed by atoms with Crippen molar-refractivity contribution in [2.24, 2.45) is 0 Å². The molecule has 2 aromatic rings. The van der Waals surface area contributed by atoms with E-state index in [-0.39, 0.29) is 29.5 Å². The first kappa shape index (κ1) is 21.0. The Morgan fingerprint density at radius 1 is 1.20 bits per heavy atom. The Labute approximate surface area is 172 Å². The number of ether oxygens (including phenoxy) is 2. The lowest BCUT2D eigenvalue weighted by atomic mass is 10.1. The van der Waals surface area contributed by atoms with Gasteiger partial charge in [0.25, 0.3) is 11.6 Å². The second-order valence-electron chi connectivity index (χ2n) is 6.71. The molecule has 30 heavy (non-hydrogen) atoms. The van der Waals surface area contributed by atoms with Gasteiger partial charge in [0.1, 0.15) is 12.3 Å². The molecular formula is C21H20N2O7. The zero-order chi connectivity index (χ0) is 21.7. The topological polar surface area (TPSA) is 116 Å². The van der Waals surface area contributed by atoms with E-state index in [4.69, 9.17) is 9.47 Å². The van der Waals surface area contributed by atoms with E-state index in [2.05, 4.69) is 6.92 Å². The smallest absolute Gasteiger partial charge is 0.326 e. The number of fused-ring (bicyclic) bond motifs is 1. The fraction of sp³-hybridized carbons (Fsp3) is 0.286. The Morgan fingerprint density at radius 2 is 1.93 bits per heavy atom. The van der Waals surface area contributed by atoms with E-state index >= 15 is 0 Å². The summed E-state index contributed by atoms with van der Waals surface area (Å²) in [4.78, 5) is 48.1. The van der Waals surface area contributed by atoms with Gasteiger partial charge in [0, 0.05) is 17.7 Å². The summed E-state index contributed by atoms with van der Waals surface area (Å²) in [6.07, 6.45) is 1.91. The van der Waals surface area contributed by atoms with Gasteiger partial charge in [-0.05, 0) is 18.1 Å². The van der Waals surface area contributed by atoms with E-state index in [0.29, 0.717) is 5.56 Å². The molecule has 0 bridgehead atoms. The van der Waals surface area contributed by atoms with Crippen LogP contribution in [0.3, 0.4) is 0 Å². The number of amides is 1. The number of nitro benzene ring substituents is 1.